The molecule has 2 heterocycles. The fourth-order valence-electron chi connectivity index (χ4n) is 3.67. The zero-order chi connectivity index (χ0) is 15.4. The summed E-state index contributed by atoms with van der Waals surface area (Å²) in [5, 5.41) is 0. The summed E-state index contributed by atoms with van der Waals surface area (Å²) in [6.45, 7) is 7.37. The van der Waals surface area contributed by atoms with E-state index in [1.54, 1.807) is 0 Å². The highest BCUT2D eigenvalue weighted by Crippen LogP contribution is 2.24. The van der Waals surface area contributed by atoms with E-state index in [2.05, 4.69) is 47.1 Å². The maximum Gasteiger partial charge on any atom is 0.225 e. The van der Waals surface area contributed by atoms with Crippen LogP contribution in [0.5, 0.6) is 0 Å². The van der Waals surface area contributed by atoms with Crippen LogP contribution in [0.2, 0.25) is 0 Å². The van der Waals surface area contributed by atoms with E-state index in [1.807, 2.05) is 0 Å². The van der Waals surface area contributed by atoms with Crippen molar-refractivity contribution in [2.75, 3.05) is 26.2 Å². The molecule has 0 aliphatic carbocycles. The molecule has 0 atom stereocenters. The lowest BCUT2D eigenvalue weighted by molar-refractivity contribution is -0.138. The van der Waals surface area contributed by atoms with Crippen LogP contribution in [0, 0.1) is 11.8 Å². The standard InChI is InChI=1S/C19H28N2O/c1-16-7-13-21(14-8-16)19(22)18-9-11-20(12-10-18)15-17-5-3-2-4-6-17/h2-6,16,18H,7-15H2,1H3. The first-order valence-electron chi connectivity index (χ1n) is 8.77. The number of nitrogens with zero attached hydrogens (tertiary/aromatic N) is 2. The maximum absolute atomic E-state index is 12.6. The molecule has 0 saturated carbocycles. The summed E-state index contributed by atoms with van der Waals surface area (Å²) in [7, 11) is 0. The minimum Gasteiger partial charge on any atom is -0.342 e. The van der Waals surface area contributed by atoms with Gasteiger partial charge in [0, 0.05) is 25.6 Å². The van der Waals surface area contributed by atoms with Crippen LogP contribution in [-0.4, -0.2) is 41.9 Å². The zero-order valence-corrected chi connectivity index (χ0v) is 13.7. The minimum atomic E-state index is 0.264. The number of carbonyl (C=O) groups excluding carboxylic acids is 1. The van der Waals surface area contributed by atoms with Gasteiger partial charge in [0.1, 0.15) is 0 Å². The third-order valence-electron chi connectivity index (χ3n) is 5.28. The highest BCUT2D eigenvalue weighted by Gasteiger charge is 2.30. The van der Waals surface area contributed by atoms with Gasteiger partial charge in [-0.15, -0.1) is 0 Å². The number of hydrogen-bond acceptors (Lipinski definition) is 2. The Morgan fingerprint density at radius 3 is 2.27 bits per heavy atom. The summed E-state index contributed by atoms with van der Waals surface area (Å²) in [5.41, 5.74) is 1.37. The molecule has 0 unspecified atom stereocenters. The van der Waals surface area contributed by atoms with Crippen molar-refractivity contribution in [2.24, 2.45) is 11.8 Å². The number of rotatable bonds is 3. The van der Waals surface area contributed by atoms with E-state index < -0.39 is 0 Å². The quantitative estimate of drug-likeness (QED) is 0.856. The summed E-state index contributed by atoms with van der Waals surface area (Å²) >= 11 is 0. The normalized spacial score (nSPS) is 22.0. The van der Waals surface area contributed by atoms with Gasteiger partial charge < -0.3 is 4.90 Å². The Kier molecular flexibility index (Phi) is 5.14. The molecular weight excluding hydrogens is 272 g/mol. The molecule has 0 aromatic heterocycles. The topological polar surface area (TPSA) is 23.6 Å². The Hall–Kier alpha value is -1.35. The van der Waals surface area contributed by atoms with Gasteiger partial charge >= 0.3 is 0 Å². The first kappa shape index (κ1) is 15.5. The highest BCUT2D eigenvalue weighted by atomic mass is 16.2. The number of carbonyl (C=O) groups is 1. The lowest BCUT2D eigenvalue weighted by Gasteiger charge is -2.36. The number of hydrogen-bond donors (Lipinski definition) is 0. The Balaban J connectivity index is 1.46. The molecule has 0 bridgehead atoms. The van der Waals surface area contributed by atoms with Gasteiger partial charge in [0.15, 0.2) is 0 Å². The van der Waals surface area contributed by atoms with Gasteiger partial charge in [-0.2, -0.15) is 0 Å². The number of piperidine rings is 2. The lowest BCUT2D eigenvalue weighted by Crippen LogP contribution is -2.45. The van der Waals surface area contributed by atoms with Crippen LogP contribution >= 0.6 is 0 Å². The number of benzene rings is 1. The van der Waals surface area contributed by atoms with E-state index >= 15 is 0 Å². The molecule has 1 aromatic rings. The molecule has 120 valence electrons. The van der Waals surface area contributed by atoms with Crippen molar-refractivity contribution in [1.29, 1.82) is 0 Å². The van der Waals surface area contributed by atoms with Gasteiger partial charge in [0.25, 0.3) is 0 Å². The van der Waals surface area contributed by atoms with Crippen molar-refractivity contribution in [3.63, 3.8) is 0 Å². The van der Waals surface area contributed by atoms with Crippen molar-refractivity contribution >= 4 is 5.91 Å². The first-order chi connectivity index (χ1) is 10.7. The van der Waals surface area contributed by atoms with Crippen LogP contribution in [0.1, 0.15) is 38.2 Å². The molecule has 2 saturated heterocycles. The van der Waals surface area contributed by atoms with Crippen LogP contribution in [0.25, 0.3) is 0 Å². The molecule has 2 fully saturated rings. The summed E-state index contributed by atoms with van der Waals surface area (Å²) < 4.78 is 0. The van der Waals surface area contributed by atoms with Crippen molar-refractivity contribution < 1.29 is 4.79 Å². The average molecular weight is 300 g/mol. The SMILES string of the molecule is CC1CCN(C(=O)C2CCN(Cc3ccccc3)CC2)CC1. The third kappa shape index (κ3) is 3.89. The third-order valence-corrected chi connectivity index (χ3v) is 5.28. The number of amides is 1. The second kappa shape index (κ2) is 7.28. The molecular formula is C19H28N2O. The van der Waals surface area contributed by atoms with Crippen molar-refractivity contribution in [3.05, 3.63) is 35.9 Å². The fourth-order valence-corrected chi connectivity index (χ4v) is 3.67. The Labute approximate surface area is 134 Å². The van der Waals surface area contributed by atoms with Gasteiger partial charge in [0.2, 0.25) is 5.91 Å². The van der Waals surface area contributed by atoms with Gasteiger partial charge in [-0.1, -0.05) is 37.3 Å². The summed E-state index contributed by atoms with van der Waals surface area (Å²) in [6, 6.07) is 10.6. The molecule has 3 nitrogen and oxygen atoms in total. The van der Waals surface area contributed by atoms with Gasteiger partial charge in [0.05, 0.1) is 0 Å². The molecule has 3 rings (SSSR count). The first-order valence-corrected chi connectivity index (χ1v) is 8.77. The second-order valence-corrected chi connectivity index (χ2v) is 7.04. The molecule has 3 heteroatoms. The van der Waals surface area contributed by atoms with Crippen molar-refractivity contribution in [3.8, 4) is 0 Å². The predicted octanol–water partition coefficient (Wildman–Crippen LogP) is 3.16. The Morgan fingerprint density at radius 1 is 1.00 bits per heavy atom. The van der Waals surface area contributed by atoms with Crippen LogP contribution in [-0.2, 0) is 11.3 Å². The average Bonchev–Trinajstić information content (AvgIpc) is 2.57. The van der Waals surface area contributed by atoms with Crippen LogP contribution < -0.4 is 0 Å². The van der Waals surface area contributed by atoms with Crippen molar-refractivity contribution in [1.82, 2.24) is 9.80 Å². The van der Waals surface area contributed by atoms with E-state index in [0.717, 1.165) is 51.5 Å². The van der Waals surface area contributed by atoms with E-state index in [4.69, 9.17) is 0 Å². The van der Waals surface area contributed by atoms with Gasteiger partial charge in [-0.25, -0.2) is 0 Å². The molecule has 1 amide bonds. The summed E-state index contributed by atoms with van der Waals surface area (Å²) in [4.78, 5) is 17.2. The molecule has 0 radical (unpaired) electrons. The molecule has 0 spiro atoms. The van der Waals surface area contributed by atoms with E-state index in [-0.39, 0.29) is 5.92 Å². The Morgan fingerprint density at radius 2 is 1.64 bits per heavy atom. The Bertz CT molecular complexity index is 471. The smallest absolute Gasteiger partial charge is 0.225 e. The second-order valence-electron chi connectivity index (χ2n) is 7.04. The van der Waals surface area contributed by atoms with Crippen LogP contribution in [0.15, 0.2) is 30.3 Å². The fraction of sp³-hybridized carbons (Fsp3) is 0.632. The van der Waals surface area contributed by atoms with Gasteiger partial charge in [-0.05, 0) is 50.3 Å². The monoisotopic (exact) mass is 300 g/mol. The van der Waals surface area contributed by atoms with E-state index in [0.29, 0.717) is 5.91 Å². The van der Waals surface area contributed by atoms with Crippen LogP contribution in [0.4, 0.5) is 0 Å². The molecule has 2 aliphatic rings. The zero-order valence-electron chi connectivity index (χ0n) is 13.7. The predicted molar refractivity (Wildman–Crippen MR) is 89.4 cm³/mol. The minimum absolute atomic E-state index is 0.264. The largest absolute Gasteiger partial charge is 0.342 e. The van der Waals surface area contributed by atoms with E-state index in [9.17, 15) is 4.79 Å². The van der Waals surface area contributed by atoms with Crippen molar-refractivity contribution in [2.45, 2.75) is 39.2 Å². The highest BCUT2D eigenvalue weighted by molar-refractivity contribution is 5.79. The number of likely N-dealkylation sites (tertiary alicyclic amines) is 2. The molecule has 1 aromatic carbocycles. The maximum atomic E-state index is 12.6. The summed E-state index contributed by atoms with van der Waals surface area (Å²) in [5.74, 6) is 1.48. The summed E-state index contributed by atoms with van der Waals surface area (Å²) in [6.07, 6.45) is 4.41. The van der Waals surface area contributed by atoms with E-state index in [1.165, 1.54) is 18.4 Å². The lowest BCUT2D eigenvalue weighted by atomic mass is 9.92. The molecule has 2 aliphatic heterocycles. The van der Waals surface area contributed by atoms with Crippen LogP contribution in [0.3, 0.4) is 0 Å². The molecule has 0 N–H and O–H groups in total. The molecule has 22 heavy (non-hydrogen) atoms. The van der Waals surface area contributed by atoms with Gasteiger partial charge in [-0.3, -0.25) is 9.69 Å².